The molecule has 3 heterocycles. The lowest BCUT2D eigenvalue weighted by Gasteiger charge is -2.32. The van der Waals surface area contributed by atoms with Crippen molar-refractivity contribution in [2.24, 2.45) is 0 Å². The zero-order chi connectivity index (χ0) is 17.9. The Labute approximate surface area is 158 Å². The van der Waals surface area contributed by atoms with Crippen molar-refractivity contribution in [1.29, 1.82) is 0 Å². The number of hydrogen-bond acceptors (Lipinski definition) is 5. The van der Waals surface area contributed by atoms with Gasteiger partial charge in [-0.2, -0.15) is 0 Å². The van der Waals surface area contributed by atoms with Gasteiger partial charge in [0.15, 0.2) is 5.13 Å². The van der Waals surface area contributed by atoms with Gasteiger partial charge >= 0.3 is 0 Å². The smallest absolute Gasteiger partial charge is 0.185 e. The zero-order valence-electron chi connectivity index (χ0n) is 15.4. The molecule has 1 aliphatic heterocycles. The van der Waals surface area contributed by atoms with Gasteiger partial charge in [0, 0.05) is 56.5 Å². The van der Waals surface area contributed by atoms with Crippen LogP contribution in [0.1, 0.15) is 18.5 Å². The van der Waals surface area contributed by atoms with Crippen LogP contribution < -0.4 is 9.64 Å². The van der Waals surface area contributed by atoms with Gasteiger partial charge < -0.3 is 18.9 Å². The highest BCUT2D eigenvalue weighted by Gasteiger charge is 2.23. The van der Waals surface area contributed by atoms with Crippen LogP contribution >= 0.6 is 11.3 Å². The van der Waals surface area contributed by atoms with Gasteiger partial charge in [-0.25, -0.2) is 4.98 Å². The molecular formula is C20H25N3O2S. The van der Waals surface area contributed by atoms with Crippen molar-refractivity contribution >= 4 is 27.4 Å². The summed E-state index contributed by atoms with van der Waals surface area (Å²) < 4.78 is 13.8. The number of piperidine rings is 1. The van der Waals surface area contributed by atoms with E-state index in [-0.39, 0.29) is 6.10 Å². The third-order valence-electron chi connectivity index (χ3n) is 4.92. The number of aromatic nitrogens is 2. The summed E-state index contributed by atoms with van der Waals surface area (Å²) in [6.45, 7) is 5.62. The summed E-state index contributed by atoms with van der Waals surface area (Å²) in [5.41, 5.74) is 2.31. The molecule has 138 valence electrons. The summed E-state index contributed by atoms with van der Waals surface area (Å²) >= 11 is 1.73. The standard InChI is InChI=1S/C20H25N3O2S/c1-15-14-26-20(21-15)23-9-6-16(7-10-23)25-19-5-3-4-18-17(19)8-11-22(18)12-13-24-2/h3-5,8,11,14,16H,6-7,9-10,12-13H2,1-2H3. The minimum Gasteiger partial charge on any atom is -0.490 e. The minimum absolute atomic E-state index is 0.264. The molecule has 0 bridgehead atoms. The van der Waals surface area contributed by atoms with E-state index in [1.54, 1.807) is 18.4 Å². The molecule has 5 nitrogen and oxygen atoms in total. The SMILES string of the molecule is COCCn1ccc2c(OC3CCN(c4nc(C)cs4)CC3)cccc21. The number of methoxy groups -OCH3 is 1. The van der Waals surface area contributed by atoms with Crippen molar-refractivity contribution in [3.05, 3.63) is 41.5 Å². The molecule has 0 radical (unpaired) electrons. The maximum absolute atomic E-state index is 6.39. The maximum atomic E-state index is 6.39. The van der Waals surface area contributed by atoms with Crippen LogP contribution in [-0.4, -0.2) is 42.5 Å². The molecule has 0 saturated carbocycles. The molecule has 4 rings (SSSR count). The van der Waals surface area contributed by atoms with Crippen molar-refractivity contribution < 1.29 is 9.47 Å². The highest BCUT2D eigenvalue weighted by molar-refractivity contribution is 7.13. The fourth-order valence-electron chi connectivity index (χ4n) is 3.51. The number of thiazole rings is 1. The first kappa shape index (κ1) is 17.4. The molecule has 1 aliphatic rings. The lowest BCUT2D eigenvalue weighted by molar-refractivity contribution is 0.173. The van der Waals surface area contributed by atoms with Crippen LogP contribution in [0.5, 0.6) is 5.75 Å². The fourth-order valence-corrected chi connectivity index (χ4v) is 4.37. The minimum atomic E-state index is 0.264. The first-order chi connectivity index (χ1) is 12.7. The molecule has 26 heavy (non-hydrogen) atoms. The molecule has 0 spiro atoms. The molecule has 1 fully saturated rings. The monoisotopic (exact) mass is 371 g/mol. The van der Waals surface area contributed by atoms with E-state index in [1.807, 2.05) is 0 Å². The Morgan fingerprint density at radius 2 is 2.08 bits per heavy atom. The van der Waals surface area contributed by atoms with E-state index < -0.39 is 0 Å². The van der Waals surface area contributed by atoms with Gasteiger partial charge in [0.25, 0.3) is 0 Å². The number of benzene rings is 1. The van der Waals surface area contributed by atoms with Crippen LogP contribution in [-0.2, 0) is 11.3 Å². The largest absolute Gasteiger partial charge is 0.490 e. The zero-order valence-corrected chi connectivity index (χ0v) is 16.2. The molecule has 0 N–H and O–H groups in total. The van der Waals surface area contributed by atoms with Gasteiger partial charge in [0.1, 0.15) is 11.9 Å². The summed E-state index contributed by atoms with van der Waals surface area (Å²) in [5.74, 6) is 0.988. The first-order valence-electron chi connectivity index (χ1n) is 9.15. The molecule has 0 aliphatic carbocycles. The van der Waals surface area contributed by atoms with E-state index in [1.165, 1.54) is 10.9 Å². The van der Waals surface area contributed by atoms with E-state index >= 15 is 0 Å². The third-order valence-corrected chi connectivity index (χ3v) is 5.94. The van der Waals surface area contributed by atoms with Crippen LogP contribution in [0.25, 0.3) is 10.9 Å². The lowest BCUT2D eigenvalue weighted by atomic mass is 10.1. The van der Waals surface area contributed by atoms with Crippen LogP contribution in [0.4, 0.5) is 5.13 Å². The maximum Gasteiger partial charge on any atom is 0.185 e. The van der Waals surface area contributed by atoms with Crippen molar-refractivity contribution in [2.45, 2.75) is 32.4 Å². The van der Waals surface area contributed by atoms with E-state index in [0.29, 0.717) is 6.61 Å². The highest BCUT2D eigenvalue weighted by Crippen LogP contribution is 2.30. The average molecular weight is 372 g/mol. The Morgan fingerprint density at radius 3 is 2.81 bits per heavy atom. The summed E-state index contributed by atoms with van der Waals surface area (Å²) in [6.07, 6.45) is 4.43. The van der Waals surface area contributed by atoms with E-state index in [2.05, 4.69) is 57.2 Å². The van der Waals surface area contributed by atoms with Crippen molar-refractivity contribution in [1.82, 2.24) is 9.55 Å². The lowest BCUT2D eigenvalue weighted by Crippen LogP contribution is -2.38. The fraction of sp³-hybridized carbons (Fsp3) is 0.450. The molecular weight excluding hydrogens is 346 g/mol. The Morgan fingerprint density at radius 1 is 1.23 bits per heavy atom. The molecule has 0 amide bonds. The van der Waals surface area contributed by atoms with Crippen molar-refractivity contribution in [2.75, 3.05) is 31.7 Å². The van der Waals surface area contributed by atoms with Crippen LogP contribution in [0, 0.1) is 6.92 Å². The highest BCUT2D eigenvalue weighted by atomic mass is 32.1. The predicted octanol–water partition coefficient (Wildman–Crippen LogP) is 4.10. The van der Waals surface area contributed by atoms with Gasteiger partial charge in [-0.1, -0.05) is 6.07 Å². The molecule has 2 aromatic heterocycles. The van der Waals surface area contributed by atoms with Gasteiger partial charge in [0.05, 0.1) is 17.8 Å². The average Bonchev–Trinajstić information content (AvgIpc) is 3.28. The van der Waals surface area contributed by atoms with Crippen molar-refractivity contribution in [3.8, 4) is 5.75 Å². The molecule has 1 saturated heterocycles. The Hall–Kier alpha value is -2.05. The Kier molecular flexibility index (Phi) is 5.13. The second-order valence-electron chi connectivity index (χ2n) is 6.77. The van der Waals surface area contributed by atoms with Gasteiger partial charge in [0.2, 0.25) is 0 Å². The van der Waals surface area contributed by atoms with Gasteiger partial charge in [-0.05, 0) is 25.1 Å². The first-order valence-corrected chi connectivity index (χ1v) is 10.0. The molecule has 3 aromatic rings. The number of fused-ring (bicyclic) bond motifs is 1. The second-order valence-corrected chi connectivity index (χ2v) is 7.60. The van der Waals surface area contributed by atoms with Crippen molar-refractivity contribution in [3.63, 3.8) is 0 Å². The molecule has 0 unspecified atom stereocenters. The summed E-state index contributed by atoms with van der Waals surface area (Å²) in [7, 11) is 1.74. The van der Waals surface area contributed by atoms with Gasteiger partial charge in [-0.3, -0.25) is 0 Å². The van der Waals surface area contributed by atoms with Crippen LogP contribution in [0.15, 0.2) is 35.8 Å². The summed E-state index contributed by atoms with van der Waals surface area (Å²) in [4.78, 5) is 6.98. The normalized spacial score (nSPS) is 15.7. The van der Waals surface area contributed by atoms with Crippen LogP contribution in [0.3, 0.4) is 0 Å². The molecule has 1 aromatic carbocycles. The number of aryl methyl sites for hydroxylation is 1. The summed E-state index contributed by atoms with van der Waals surface area (Å²) in [6, 6.07) is 8.45. The Bertz CT molecular complexity index is 865. The van der Waals surface area contributed by atoms with Gasteiger partial charge in [-0.15, -0.1) is 11.3 Å². The Balaban J connectivity index is 1.42. The molecule has 0 atom stereocenters. The number of ether oxygens (including phenoxy) is 2. The second kappa shape index (κ2) is 7.68. The number of rotatable bonds is 6. The number of nitrogens with zero attached hydrogens (tertiary/aromatic N) is 3. The quantitative estimate of drug-likeness (QED) is 0.654. The van der Waals surface area contributed by atoms with Crippen LogP contribution in [0.2, 0.25) is 0 Å². The molecule has 6 heteroatoms. The third kappa shape index (κ3) is 3.57. The topological polar surface area (TPSA) is 39.5 Å². The van der Waals surface area contributed by atoms with E-state index in [0.717, 1.165) is 49.1 Å². The number of anilines is 1. The predicted molar refractivity (Wildman–Crippen MR) is 107 cm³/mol. The number of hydrogen-bond donors (Lipinski definition) is 0. The summed E-state index contributed by atoms with van der Waals surface area (Å²) in [5, 5.41) is 4.44. The van der Waals surface area contributed by atoms with E-state index in [9.17, 15) is 0 Å². The van der Waals surface area contributed by atoms with E-state index in [4.69, 9.17) is 9.47 Å².